The molecule has 3 aromatic carbocycles. The van der Waals surface area contributed by atoms with E-state index in [0.29, 0.717) is 23.4 Å². The molecule has 1 N–H and O–H groups in total. The number of carbonyl (C=O) groups is 2. The van der Waals surface area contributed by atoms with Crippen molar-refractivity contribution in [3.8, 4) is 5.69 Å². The third-order valence-electron chi connectivity index (χ3n) is 5.50. The number of benzene rings is 3. The summed E-state index contributed by atoms with van der Waals surface area (Å²) in [5.74, 6) is -1.28. The van der Waals surface area contributed by atoms with Crippen LogP contribution in [0.2, 0.25) is 0 Å². The molecule has 2 heterocycles. The molecule has 5 rings (SSSR count). The Balaban J connectivity index is 1.49. The van der Waals surface area contributed by atoms with Gasteiger partial charge in [-0.3, -0.25) is 4.79 Å². The molecule has 0 saturated heterocycles. The fourth-order valence-corrected chi connectivity index (χ4v) is 3.75. The number of hydrogen-bond acceptors (Lipinski definition) is 4. The van der Waals surface area contributed by atoms with Crippen molar-refractivity contribution in [3.63, 3.8) is 0 Å². The molecular formula is C27H20N4O3. The van der Waals surface area contributed by atoms with Crippen LogP contribution >= 0.6 is 0 Å². The molecule has 0 radical (unpaired) electrons. The van der Waals surface area contributed by atoms with Crippen molar-refractivity contribution in [1.82, 2.24) is 9.78 Å². The zero-order valence-electron chi connectivity index (χ0n) is 18.1. The fourth-order valence-electron chi connectivity index (χ4n) is 3.75. The number of aromatic carboxylic acids is 1. The molecular weight excluding hydrogens is 428 g/mol. The maximum atomic E-state index is 13.4. The highest BCUT2D eigenvalue weighted by Crippen LogP contribution is 2.27. The Labute approximate surface area is 195 Å². The Morgan fingerprint density at radius 3 is 2.24 bits per heavy atom. The molecule has 1 aliphatic heterocycles. The summed E-state index contributed by atoms with van der Waals surface area (Å²) < 4.78 is 1.77. The number of nitrogens with zero attached hydrogens (tertiary/aromatic N) is 4. The molecule has 7 heteroatoms. The summed E-state index contributed by atoms with van der Waals surface area (Å²) in [4.78, 5) is 24.6. The first kappa shape index (κ1) is 21.1. The van der Waals surface area contributed by atoms with E-state index in [2.05, 4.69) is 10.2 Å². The predicted octanol–water partition coefficient (Wildman–Crippen LogP) is 4.60. The van der Waals surface area contributed by atoms with E-state index >= 15 is 0 Å². The second-order valence-corrected chi connectivity index (χ2v) is 7.78. The molecule has 0 aliphatic carbocycles. The van der Waals surface area contributed by atoms with Gasteiger partial charge in [0.25, 0.3) is 5.91 Å². The lowest BCUT2D eigenvalue weighted by Crippen LogP contribution is -2.21. The number of rotatable bonds is 6. The average molecular weight is 448 g/mol. The number of anilines is 1. The van der Waals surface area contributed by atoms with Crippen molar-refractivity contribution in [2.24, 2.45) is 5.10 Å². The molecule has 4 aromatic rings. The first-order chi connectivity index (χ1) is 16.6. The van der Waals surface area contributed by atoms with Crippen molar-refractivity contribution in [1.29, 1.82) is 0 Å². The number of hydrogen-bond donors (Lipinski definition) is 1. The third-order valence-corrected chi connectivity index (χ3v) is 5.50. The van der Waals surface area contributed by atoms with Crippen LogP contribution in [-0.2, 0) is 11.2 Å². The van der Waals surface area contributed by atoms with Gasteiger partial charge in [-0.05, 0) is 59.7 Å². The van der Waals surface area contributed by atoms with E-state index in [1.54, 1.807) is 23.0 Å². The number of hydrazone groups is 1. The lowest BCUT2D eigenvalue weighted by atomic mass is 10.00. The zero-order valence-corrected chi connectivity index (χ0v) is 18.1. The van der Waals surface area contributed by atoms with Crippen LogP contribution in [0, 0.1) is 0 Å². The summed E-state index contributed by atoms with van der Waals surface area (Å²) >= 11 is 0. The van der Waals surface area contributed by atoms with Gasteiger partial charge in [-0.1, -0.05) is 42.5 Å². The lowest BCUT2D eigenvalue weighted by molar-refractivity contribution is -0.114. The quantitative estimate of drug-likeness (QED) is 0.437. The van der Waals surface area contributed by atoms with E-state index in [9.17, 15) is 9.59 Å². The normalized spacial score (nSPS) is 14.5. The van der Waals surface area contributed by atoms with E-state index in [0.717, 1.165) is 16.8 Å². The van der Waals surface area contributed by atoms with Gasteiger partial charge >= 0.3 is 5.97 Å². The van der Waals surface area contributed by atoms with E-state index in [1.807, 2.05) is 72.9 Å². The largest absolute Gasteiger partial charge is 0.478 e. The maximum absolute atomic E-state index is 13.4. The molecule has 166 valence electrons. The van der Waals surface area contributed by atoms with Crippen molar-refractivity contribution in [2.75, 3.05) is 5.01 Å². The van der Waals surface area contributed by atoms with Gasteiger partial charge in [0.05, 0.1) is 28.2 Å². The van der Waals surface area contributed by atoms with Gasteiger partial charge in [-0.15, -0.1) is 0 Å². The SMILES string of the molecule is O=C(O)c1ccc(N2N=C(Cc3ccccc3)/C(=C/c3ccc(-n4cccn4)cc3)C2=O)cc1. The first-order valence-electron chi connectivity index (χ1n) is 10.7. The van der Waals surface area contributed by atoms with E-state index in [1.165, 1.54) is 17.1 Å². The second-order valence-electron chi connectivity index (χ2n) is 7.78. The minimum Gasteiger partial charge on any atom is -0.478 e. The van der Waals surface area contributed by atoms with Crippen LogP contribution in [0.4, 0.5) is 5.69 Å². The summed E-state index contributed by atoms with van der Waals surface area (Å²) in [6.45, 7) is 0. The van der Waals surface area contributed by atoms with Gasteiger partial charge in [0.1, 0.15) is 0 Å². The average Bonchev–Trinajstić information content (AvgIpc) is 3.50. The van der Waals surface area contributed by atoms with Crippen molar-refractivity contribution < 1.29 is 14.7 Å². The second kappa shape index (κ2) is 8.99. The van der Waals surface area contributed by atoms with Crippen LogP contribution in [-0.4, -0.2) is 32.5 Å². The summed E-state index contributed by atoms with van der Waals surface area (Å²) in [7, 11) is 0. The molecule has 1 amide bonds. The summed E-state index contributed by atoms with van der Waals surface area (Å²) in [5.41, 5.74) is 4.63. The van der Waals surface area contributed by atoms with Crippen molar-refractivity contribution >= 4 is 29.4 Å². The van der Waals surface area contributed by atoms with Crippen LogP contribution in [0.1, 0.15) is 21.5 Å². The van der Waals surface area contributed by atoms with Gasteiger partial charge < -0.3 is 5.11 Å². The van der Waals surface area contributed by atoms with E-state index < -0.39 is 5.97 Å². The van der Waals surface area contributed by atoms with Crippen LogP contribution < -0.4 is 5.01 Å². The summed E-state index contributed by atoms with van der Waals surface area (Å²) in [6, 6.07) is 25.5. The predicted molar refractivity (Wildman–Crippen MR) is 130 cm³/mol. The highest BCUT2D eigenvalue weighted by atomic mass is 16.4. The molecule has 1 aliphatic rings. The van der Waals surface area contributed by atoms with Crippen LogP contribution in [0.5, 0.6) is 0 Å². The molecule has 1 aromatic heterocycles. The summed E-state index contributed by atoms with van der Waals surface area (Å²) in [5, 5.41) is 19.3. The summed E-state index contributed by atoms with van der Waals surface area (Å²) in [6.07, 6.45) is 5.92. The molecule has 0 bridgehead atoms. The van der Waals surface area contributed by atoms with Crippen LogP contribution in [0.15, 0.2) is 108 Å². The minimum absolute atomic E-state index is 0.150. The van der Waals surface area contributed by atoms with Crippen molar-refractivity contribution in [3.05, 3.63) is 120 Å². The Morgan fingerprint density at radius 2 is 1.59 bits per heavy atom. The topological polar surface area (TPSA) is 87.8 Å². The molecule has 34 heavy (non-hydrogen) atoms. The fraction of sp³-hybridized carbons (Fsp3) is 0.0370. The molecule has 0 saturated carbocycles. The standard InChI is InChI=1S/C27H20N4O3/c32-26-24(17-20-7-11-22(12-8-20)30-16-4-15-28-30)25(18-19-5-2-1-3-6-19)29-31(26)23-13-9-21(10-14-23)27(33)34/h1-17H,18H2,(H,33,34)/b24-17-. The van der Waals surface area contributed by atoms with Crippen LogP contribution in [0.3, 0.4) is 0 Å². The maximum Gasteiger partial charge on any atom is 0.335 e. The van der Waals surface area contributed by atoms with Gasteiger partial charge in [0, 0.05) is 18.8 Å². The Hall–Kier alpha value is -4.78. The van der Waals surface area contributed by atoms with Gasteiger partial charge in [-0.2, -0.15) is 15.2 Å². The lowest BCUT2D eigenvalue weighted by Gasteiger charge is -2.11. The highest BCUT2D eigenvalue weighted by Gasteiger charge is 2.31. The van der Waals surface area contributed by atoms with Gasteiger partial charge in [0.2, 0.25) is 0 Å². The molecule has 0 spiro atoms. The number of carboxylic acids is 1. The smallest absolute Gasteiger partial charge is 0.335 e. The third kappa shape index (κ3) is 4.27. The van der Waals surface area contributed by atoms with E-state index in [-0.39, 0.29) is 11.5 Å². The zero-order chi connectivity index (χ0) is 23.5. The molecule has 0 atom stereocenters. The Bertz CT molecular complexity index is 1390. The number of amides is 1. The first-order valence-corrected chi connectivity index (χ1v) is 10.7. The van der Waals surface area contributed by atoms with Crippen molar-refractivity contribution in [2.45, 2.75) is 6.42 Å². The Kier molecular flexibility index (Phi) is 5.58. The van der Waals surface area contributed by atoms with Gasteiger partial charge in [-0.25, -0.2) is 9.48 Å². The van der Waals surface area contributed by atoms with Crippen LogP contribution in [0.25, 0.3) is 11.8 Å². The molecule has 0 unspecified atom stereocenters. The van der Waals surface area contributed by atoms with E-state index in [4.69, 9.17) is 5.11 Å². The number of carbonyl (C=O) groups excluding carboxylic acids is 1. The monoisotopic (exact) mass is 448 g/mol. The minimum atomic E-state index is -1.02. The van der Waals surface area contributed by atoms with Gasteiger partial charge in [0.15, 0.2) is 0 Å². The Morgan fingerprint density at radius 1 is 0.882 bits per heavy atom. The molecule has 0 fully saturated rings. The highest BCUT2D eigenvalue weighted by molar-refractivity contribution is 6.33. The number of aromatic nitrogens is 2. The number of carboxylic acid groups (broad SMARTS) is 1. The molecule has 7 nitrogen and oxygen atoms in total.